The molecular formula is C10H10F2O. The summed E-state index contributed by atoms with van der Waals surface area (Å²) in [6.45, 7) is 1.71. The van der Waals surface area contributed by atoms with E-state index in [0.29, 0.717) is 11.1 Å². The van der Waals surface area contributed by atoms with Crippen molar-refractivity contribution in [1.82, 2.24) is 0 Å². The molecule has 0 spiro atoms. The van der Waals surface area contributed by atoms with Crippen LogP contribution < -0.4 is 0 Å². The van der Waals surface area contributed by atoms with Gasteiger partial charge in [-0.3, -0.25) is 0 Å². The molecule has 0 bridgehead atoms. The van der Waals surface area contributed by atoms with Gasteiger partial charge in [-0.1, -0.05) is 6.92 Å². The van der Waals surface area contributed by atoms with Gasteiger partial charge in [0.1, 0.15) is 11.6 Å². The fraction of sp³-hybridized carbons (Fsp3) is 0.400. The quantitative estimate of drug-likeness (QED) is 0.653. The summed E-state index contributed by atoms with van der Waals surface area (Å²) >= 11 is 0. The molecule has 1 aliphatic rings. The predicted molar refractivity (Wildman–Crippen MR) is 44.5 cm³/mol. The Morgan fingerprint density at radius 1 is 1.31 bits per heavy atom. The molecule has 2 rings (SSSR count). The van der Waals surface area contributed by atoms with Gasteiger partial charge in [-0.15, -0.1) is 0 Å². The van der Waals surface area contributed by atoms with Gasteiger partial charge in [0.25, 0.3) is 0 Å². The van der Waals surface area contributed by atoms with E-state index < -0.39 is 17.7 Å². The molecular weight excluding hydrogens is 174 g/mol. The molecule has 0 amide bonds. The molecule has 70 valence electrons. The summed E-state index contributed by atoms with van der Waals surface area (Å²) in [6.07, 6.45) is -0.429. The zero-order valence-corrected chi connectivity index (χ0v) is 7.22. The molecule has 13 heavy (non-hydrogen) atoms. The molecule has 0 aromatic heterocycles. The highest BCUT2D eigenvalue weighted by Gasteiger charge is 2.32. The van der Waals surface area contributed by atoms with Crippen LogP contribution in [0.15, 0.2) is 12.1 Å². The van der Waals surface area contributed by atoms with Gasteiger partial charge in [0.05, 0.1) is 6.10 Å². The minimum atomic E-state index is -0.651. The molecule has 1 N–H and O–H groups in total. The Labute approximate surface area is 75.0 Å². The van der Waals surface area contributed by atoms with Gasteiger partial charge in [0.2, 0.25) is 0 Å². The fourth-order valence-corrected chi connectivity index (χ4v) is 1.89. The van der Waals surface area contributed by atoms with Crippen LogP contribution in [0.25, 0.3) is 0 Å². The Morgan fingerprint density at radius 2 is 1.92 bits per heavy atom. The molecule has 0 saturated heterocycles. The van der Waals surface area contributed by atoms with Crippen LogP contribution in [0.1, 0.15) is 24.0 Å². The number of halogens is 2. The van der Waals surface area contributed by atoms with Crippen LogP contribution in [-0.2, 0) is 6.42 Å². The molecule has 1 nitrogen and oxygen atoms in total. The van der Waals surface area contributed by atoms with Gasteiger partial charge in [-0.2, -0.15) is 0 Å². The fourth-order valence-electron chi connectivity index (χ4n) is 1.89. The van der Waals surface area contributed by atoms with E-state index in [0.717, 1.165) is 12.1 Å². The molecule has 3 heteroatoms. The normalized spacial score (nSPS) is 26.2. The zero-order valence-electron chi connectivity index (χ0n) is 7.22. The Bertz CT molecular complexity index is 349. The molecule has 2 atom stereocenters. The summed E-state index contributed by atoms with van der Waals surface area (Å²) in [4.78, 5) is 0. The van der Waals surface area contributed by atoms with E-state index in [-0.39, 0.29) is 12.3 Å². The summed E-state index contributed by atoms with van der Waals surface area (Å²) in [7, 11) is 0. The minimum Gasteiger partial charge on any atom is -0.392 e. The molecule has 0 saturated carbocycles. The number of hydrogen-bond acceptors (Lipinski definition) is 1. The number of benzene rings is 1. The second-order valence-electron chi connectivity index (χ2n) is 3.48. The van der Waals surface area contributed by atoms with Crippen molar-refractivity contribution in [2.75, 3.05) is 0 Å². The first-order chi connectivity index (χ1) is 6.11. The maximum absolute atomic E-state index is 13.2. The lowest BCUT2D eigenvalue weighted by atomic mass is 10.0. The second kappa shape index (κ2) is 2.77. The molecule has 0 heterocycles. The van der Waals surface area contributed by atoms with Gasteiger partial charge < -0.3 is 5.11 Å². The first kappa shape index (κ1) is 8.63. The molecule has 0 aliphatic heterocycles. The number of aliphatic hydroxyl groups excluding tert-OH is 1. The average Bonchev–Trinajstić information content (AvgIpc) is 2.38. The van der Waals surface area contributed by atoms with Crippen LogP contribution in [0.5, 0.6) is 0 Å². The van der Waals surface area contributed by atoms with Gasteiger partial charge >= 0.3 is 0 Å². The highest BCUT2D eigenvalue weighted by Crippen LogP contribution is 2.36. The third-order valence-corrected chi connectivity index (χ3v) is 2.69. The number of rotatable bonds is 0. The summed E-state index contributed by atoms with van der Waals surface area (Å²) in [5.41, 5.74) is 0.674. The van der Waals surface area contributed by atoms with Crippen molar-refractivity contribution in [3.63, 3.8) is 0 Å². The predicted octanol–water partition coefficient (Wildman–Crippen LogP) is 1.99. The van der Waals surface area contributed by atoms with E-state index in [1.807, 2.05) is 0 Å². The summed E-state index contributed by atoms with van der Waals surface area (Å²) in [6, 6.07) is 2.22. The van der Waals surface area contributed by atoms with E-state index in [1.54, 1.807) is 6.92 Å². The highest BCUT2D eigenvalue weighted by atomic mass is 19.1. The number of fused-ring (bicyclic) bond motifs is 1. The van der Waals surface area contributed by atoms with Gasteiger partial charge in [0.15, 0.2) is 0 Å². The van der Waals surface area contributed by atoms with Crippen molar-refractivity contribution in [2.24, 2.45) is 0 Å². The third kappa shape index (κ3) is 1.15. The first-order valence-corrected chi connectivity index (χ1v) is 4.26. The number of hydrogen-bond donors (Lipinski definition) is 1. The Kier molecular flexibility index (Phi) is 1.84. The topological polar surface area (TPSA) is 20.2 Å². The molecule has 1 aromatic rings. The minimum absolute atomic E-state index is 0.222. The molecule has 1 aliphatic carbocycles. The molecule has 0 unspecified atom stereocenters. The third-order valence-electron chi connectivity index (χ3n) is 2.69. The lowest BCUT2D eigenvalue weighted by Gasteiger charge is -2.08. The van der Waals surface area contributed by atoms with Crippen LogP contribution in [0.2, 0.25) is 0 Å². The van der Waals surface area contributed by atoms with E-state index in [4.69, 9.17) is 0 Å². The van der Waals surface area contributed by atoms with Crippen molar-refractivity contribution in [2.45, 2.75) is 25.4 Å². The van der Waals surface area contributed by atoms with Crippen LogP contribution in [0.4, 0.5) is 8.78 Å². The van der Waals surface area contributed by atoms with Crippen molar-refractivity contribution >= 4 is 0 Å². The average molecular weight is 184 g/mol. The van der Waals surface area contributed by atoms with Crippen molar-refractivity contribution in [3.05, 3.63) is 34.9 Å². The SMILES string of the molecule is C[C@H]1c2c(F)ccc(F)c2C[C@H]1O. The van der Waals surface area contributed by atoms with E-state index in [2.05, 4.69) is 0 Å². The Hall–Kier alpha value is -0.960. The smallest absolute Gasteiger partial charge is 0.127 e. The Balaban J connectivity index is 2.61. The monoisotopic (exact) mass is 184 g/mol. The van der Waals surface area contributed by atoms with Gasteiger partial charge in [-0.05, 0) is 23.3 Å². The van der Waals surface area contributed by atoms with Crippen molar-refractivity contribution in [3.8, 4) is 0 Å². The maximum Gasteiger partial charge on any atom is 0.127 e. The van der Waals surface area contributed by atoms with Crippen LogP contribution >= 0.6 is 0 Å². The van der Waals surface area contributed by atoms with E-state index in [1.165, 1.54) is 0 Å². The van der Waals surface area contributed by atoms with Gasteiger partial charge in [0, 0.05) is 12.3 Å². The zero-order chi connectivity index (χ0) is 9.59. The second-order valence-corrected chi connectivity index (χ2v) is 3.48. The van der Waals surface area contributed by atoms with Gasteiger partial charge in [-0.25, -0.2) is 8.78 Å². The van der Waals surface area contributed by atoms with E-state index in [9.17, 15) is 13.9 Å². The summed E-state index contributed by atoms with van der Waals surface area (Å²) in [5.74, 6) is -1.13. The van der Waals surface area contributed by atoms with Crippen molar-refractivity contribution in [1.29, 1.82) is 0 Å². The summed E-state index contributed by atoms with van der Waals surface area (Å²) < 4.78 is 26.4. The van der Waals surface area contributed by atoms with Crippen LogP contribution in [0, 0.1) is 11.6 Å². The molecule has 1 aromatic carbocycles. The van der Waals surface area contributed by atoms with Crippen LogP contribution in [0.3, 0.4) is 0 Å². The van der Waals surface area contributed by atoms with Crippen LogP contribution in [-0.4, -0.2) is 11.2 Å². The lowest BCUT2D eigenvalue weighted by Crippen LogP contribution is -2.09. The summed E-state index contributed by atoms with van der Waals surface area (Å²) in [5, 5.41) is 9.43. The maximum atomic E-state index is 13.2. The number of aliphatic hydroxyl groups is 1. The van der Waals surface area contributed by atoms with Crippen molar-refractivity contribution < 1.29 is 13.9 Å². The first-order valence-electron chi connectivity index (χ1n) is 4.26. The molecule has 0 radical (unpaired) electrons. The Morgan fingerprint density at radius 3 is 2.54 bits per heavy atom. The molecule has 0 fully saturated rings. The lowest BCUT2D eigenvalue weighted by molar-refractivity contribution is 0.161. The highest BCUT2D eigenvalue weighted by molar-refractivity contribution is 5.38. The standard InChI is InChI=1S/C10H10F2O/c1-5-9(13)4-6-7(11)2-3-8(12)10(5)6/h2-3,5,9,13H,4H2,1H3/t5-,9-/m1/s1. The largest absolute Gasteiger partial charge is 0.392 e. The van der Waals surface area contributed by atoms with E-state index >= 15 is 0 Å².